The molecule has 2 N–H and O–H groups in total. The van der Waals surface area contributed by atoms with Crippen LogP contribution < -0.4 is 0 Å². The van der Waals surface area contributed by atoms with E-state index >= 15 is 0 Å². The molecule has 2 atom stereocenters. The lowest BCUT2D eigenvalue weighted by atomic mass is 10.0. The first-order valence-corrected chi connectivity index (χ1v) is 6.31. The standard InChI is InChI=1S/C12H28N2O2/c1-6-13(7-2)11(10-15)12(5,16)14(8-3)9-4/h11,15-16H,6-10H2,1-5H3. The average Bonchev–Trinajstić information content (AvgIpc) is 2.26. The van der Waals surface area contributed by atoms with Crippen molar-refractivity contribution in [1.29, 1.82) is 0 Å². The topological polar surface area (TPSA) is 46.9 Å². The largest absolute Gasteiger partial charge is 0.395 e. The SMILES string of the molecule is CCN(CC)C(CO)C(C)(O)N(CC)CC. The van der Waals surface area contributed by atoms with Crippen LogP contribution in [0.2, 0.25) is 0 Å². The molecule has 0 bridgehead atoms. The van der Waals surface area contributed by atoms with Crippen molar-refractivity contribution in [3.8, 4) is 0 Å². The Labute approximate surface area is 99.9 Å². The van der Waals surface area contributed by atoms with E-state index in [-0.39, 0.29) is 12.6 Å². The summed E-state index contributed by atoms with van der Waals surface area (Å²) in [4.78, 5) is 4.07. The number of likely N-dealkylation sites (N-methyl/N-ethyl adjacent to an activating group) is 2. The van der Waals surface area contributed by atoms with Gasteiger partial charge in [-0.1, -0.05) is 27.7 Å². The average molecular weight is 232 g/mol. The Balaban J connectivity index is 4.89. The third-order valence-electron chi connectivity index (χ3n) is 3.46. The molecule has 0 radical (unpaired) electrons. The lowest BCUT2D eigenvalue weighted by Gasteiger charge is -2.45. The van der Waals surface area contributed by atoms with E-state index in [4.69, 9.17) is 0 Å². The lowest BCUT2D eigenvalue weighted by molar-refractivity contribution is -0.153. The van der Waals surface area contributed by atoms with Gasteiger partial charge in [-0.05, 0) is 33.1 Å². The van der Waals surface area contributed by atoms with Gasteiger partial charge in [-0.3, -0.25) is 9.80 Å². The van der Waals surface area contributed by atoms with Gasteiger partial charge >= 0.3 is 0 Å². The van der Waals surface area contributed by atoms with Crippen LogP contribution >= 0.6 is 0 Å². The molecular weight excluding hydrogens is 204 g/mol. The van der Waals surface area contributed by atoms with Gasteiger partial charge in [-0.15, -0.1) is 0 Å². The predicted octanol–water partition coefficient (Wildman–Crippen LogP) is 0.739. The van der Waals surface area contributed by atoms with E-state index in [0.717, 1.165) is 26.2 Å². The highest BCUT2D eigenvalue weighted by atomic mass is 16.3. The molecule has 0 aromatic carbocycles. The van der Waals surface area contributed by atoms with Crippen molar-refractivity contribution in [2.45, 2.75) is 46.4 Å². The van der Waals surface area contributed by atoms with Crippen LogP contribution in [0.3, 0.4) is 0 Å². The van der Waals surface area contributed by atoms with Gasteiger partial charge in [0.05, 0.1) is 12.6 Å². The smallest absolute Gasteiger partial charge is 0.133 e. The Morgan fingerprint density at radius 2 is 1.44 bits per heavy atom. The summed E-state index contributed by atoms with van der Waals surface area (Å²) in [6, 6.07) is -0.234. The molecule has 98 valence electrons. The Hall–Kier alpha value is -0.160. The summed E-state index contributed by atoms with van der Waals surface area (Å²) >= 11 is 0. The van der Waals surface area contributed by atoms with Gasteiger partial charge in [0.2, 0.25) is 0 Å². The molecule has 0 saturated carbocycles. The van der Waals surface area contributed by atoms with E-state index in [1.54, 1.807) is 6.92 Å². The number of hydrogen-bond donors (Lipinski definition) is 2. The van der Waals surface area contributed by atoms with E-state index in [0.29, 0.717) is 0 Å². The predicted molar refractivity (Wildman–Crippen MR) is 67.3 cm³/mol. The first-order valence-electron chi connectivity index (χ1n) is 6.31. The zero-order chi connectivity index (χ0) is 12.8. The molecule has 0 amide bonds. The summed E-state index contributed by atoms with van der Waals surface area (Å²) in [6.45, 7) is 13.1. The van der Waals surface area contributed by atoms with E-state index < -0.39 is 5.72 Å². The van der Waals surface area contributed by atoms with Gasteiger partial charge < -0.3 is 10.2 Å². The van der Waals surface area contributed by atoms with E-state index in [1.165, 1.54) is 0 Å². The second-order valence-electron chi connectivity index (χ2n) is 4.19. The fourth-order valence-corrected chi connectivity index (χ4v) is 2.37. The summed E-state index contributed by atoms with van der Waals surface area (Å²) < 4.78 is 0. The molecule has 4 heteroatoms. The summed E-state index contributed by atoms with van der Waals surface area (Å²) in [5.74, 6) is 0. The quantitative estimate of drug-likeness (QED) is 0.606. The van der Waals surface area contributed by atoms with Crippen molar-refractivity contribution >= 4 is 0 Å². The molecule has 4 nitrogen and oxygen atoms in total. The summed E-state index contributed by atoms with van der Waals surface area (Å²) in [6.07, 6.45) is 0. The van der Waals surface area contributed by atoms with Gasteiger partial charge in [-0.2, -0.15) is 0 Å². The van der Waals surface area contributed by atoms with Crippen molar-refractivity contribution in [3.05, 3.63) is 0 Å². The first-order chi connectivity index (χ1) is 7.49. The minimum Gasteiger partial charge on any atom is -0.395 e. The molecule has 0 heterocycles. The molecule has 0 rings (SSSR count). The van der Waals surface area contributed by atoms with Crippen LogP contribution in [0.25, 0.3) is 0 Å². The molecule has 0 aliphatic heterocycles. The molecule has 0 saturated heterocycles. The highest BCUT2D eigenvalue weighted by molar-refractivity contribution is 4.88. The van der Waals surface area contributed by atoms with Crippen molar-refractivity contribution in [1.82, 2.24) is 9.80 Å². The number of aliphatic hydroxyl groups excluding tert-OH is 1. The number of aliphatic hydroxyl groups is 2. The van der Waals surface area contributed by atoms with Crippen LogP contribution in [0.4, 0.5) is 0 Å². The maximum atomic E-state index is 10.6. The van der Waals surface area contributed by atoms with E-state index in [9.17, 15) is 10.2 Å². The van der Waals surface area contributed by atoms with Crippen LogP contribution in [-0.2, 0) is 0 Å². The monoisotopic (exact) mass is 232 g/mol. The Morgan fingerprint density at radius 3 is 1.69 bits per heavy atom. The summed E-state index contributed by atoms with van der Waals surface area (Å²) in [5.41, 5.74) is -0.982. The highest BCUT2D eigenvalue weighted by Crippen LogP contribution is 2.20. The van der Waals surface area contributed by atoms with Gasteiger partial charge in [-0.25, -0.2) is 0 Å². The van der Waals surface area contributed by atoms with Crippen LogP contribution in [0.5, 0.6) is 0 Å². The Morgan fingerprint density at radius 1 is 1.00 bits per heavy atom. The molecule has 0 aromatic rings. The molecular formula is C12H28N2O2. The van der Waals surface area contributed by atoms with Gasteiger partial charge in [0.1, 0.15) is 5.72 Å². The van der Waals surface area contributed by atoms with Crippen molar-refractivity contribution < 1.29 is 10.2 Å². The second-order valence-corrected chi connectivity index (χ2v) is 4.19. The Kier molecular flexibility index (Phi) is 7.15. The third kappa shape index (κ3) is 3.42. The number of hydrogen-bond acceptors (Lipinski definition) is 4. The van der Waals surface area contributed by atoms with Crippen molar-refractivity contribution in [2.75, 3.05) is 32.8 Å². The molecule has 0 aliphatic rings. The normalized spacial score (nSPS) is 17.8. The third-order valence-corrected chi connectivity index (χ3v) is 3.46. The summed E-state index contributed by atoms with van der Waals surface area (Å²) in [7, 11) is 0. The highest BCUT2D eigenvalue weighted by Gasteiger charge is 2.38. The molecule has 16 heavy (non-hydrogen) atoms. The minimum atomic E-state index is -0.982. The van der Waals surface area contributed by atoms with E-state index in [2.05, 4.69) is 4.90 Å². The lowest BCUT2D eigenvalue weighted by Crippen LogP contribution is -2.62. The molecule has 0 spiro atoms. The van der Waals surface area contributed by atoms with Crippen LogP contribution in [0, 0.1) is 0 Å². The molecule has 2 unspecified atom stereocenters. The Bertz CT molecular complexity index is 178. The zero-order valence-electron chi connectivity index (χ0n) is 11.4. The molecule has 0 fully saturated rings. The first kappa shape index (κ1) is 15.8. The second kappa shape index (κ2) is 7.22. The minimum absolute atomic E-state index is 0.0226. The van der Waals surface area contributed by atoms with Gasteiger partial charge in [0.25, 0.3) is 0 Å². The zero-order valence-corrected chi connectivity index (χ0v) is 11.4. The maximum Gasteiger partial charge on any atom is 0.133 e. The van der Waals surface area contributed by atoms with E-state index in [1.807, 2.05) is 32.6 Å². The van der Waals surface area contributed by atoms with Crippen molar-refractivity contribution in [2.24, 2.45) is 0 Å². The molecule has 0 aromatic heterocycles. The van der Waals surface area contributed by atoms with Crippen LogP contribution in [0.1, 0.15) is 34.6 Å². The summed E-state index contributed by atoms with van der Waals surface area (Å²) in [5, 5.41) is 20.1. The van der Waals surface area contributed by atoms with Crippen molar-refractivity contribution in [3.63, 3.8) is 0 Å². The maximum absolute atomic E-state index is 10.6. The molecule has 0 aliphatic carbocycles. The fraction of sp³-hybridized carbons (Fsp3) is 1.00. The number of nitrogens with zero attached hydrogens (tertiary/aromatic N) is 2. The van der Waals surface area contributed by atoms with Gasteiger partial charge in [0, 0.05) is 0 Å². The van der Waals surface area contributed by atoms with Gasteiger partial charge in [0.15, 0.2) is 0 Å². The number of rotatable bonds is 8. The van der Waals surface area contributed by atoms with Crippen LogP contribution in [-0.4, -0.2) is 64.6 Å². The fourth-order valence-electron chi connectivity index (χ4n) is 2.37. The van der Waals surface area contributed by atoms with Crippen LogP contribution in [0.15, 0.2) is 0 Å².